The van der Waals surface area contributed by atoms with Crippen molar-refractivity contribution in [2.24, 2.45) is 0 Å². The number of rotatable bonds is 0. The monoisotopic (exact) mass is 293 g/mol. The molecule has 0 aliphatic carbocycles. The van der Waals surface area contributed by atoms with Crippen LogP contribution in [0, 0.1) is 0 Å². The highest BCUT2D eigenvalue weighted by atomic mass is 16.5. The van der Waals surface area contributed by atoms with E-state index in [1.165, 1.54) is 5.56 Å². The normalized spacial score (nSPS) is 24.0. The third kappa shape index (κ3) is 1.22. The first-order valence-electron chi connectivity index (χ1n) is 7.52. The molecule has 5 rings (SSSR count). The fourth-order valence-electron chi connectivity index (χ4n) is 3.96. The van der Waals surface area contributed by atoms with Crippen molar-refractivity contribution in [3.8, 4) is 11.5 Å². The third-order valence-corrected chi connectivity index (χ3v) is 5.09. The number of carbonyl (C=O) groups excluding carboxylic acids is 1. The number of anilines is 1. The third-order valence-electron chi connectivity index (χ3n) is 5.09. The van der Waals surface area contributed by atoms with Crippen LogP contribution < -0.4 is 14.4 Å². The standard InChI is InChI=1S/C18H15NO3/c1-19-14-5-3-2-4-12(14)18(17(19)20)10-22-16-8-11-6-7-21-15(11)9-13(16)18/h2-5,8-9H,6-7,10H2,1H3. The van der Waals surface area contributed by atoms with Crippen molar-refractivity contribution in [1.29, 1.82) is 0 Å². The average Bonchev–Trinajstić information content (AvgIpc) is 3.20. The molecule has 110 valence electrons. The average molecular weight is 293 g/mol. The lowest BCUT2D eigenvalue weighted by molar-refractivity contribution is -0.121. The Bertz CT molecular complexity index is 829. The molecular weight excluding hydrogens is 278 g/mol. The van der Waals surface area contributed by atoms with E-state index in [1.807, 2.05) is 43.4 Å². The smallest absolute Gasteiger partial charge is 0.245 e. The summed E-state index contributed by atoms with van der Waals surface area (Å²) in [5, 5.41) is 0. The molecule has 2 aromatic carbocycles. The highest BCUT2D eigenvalue weighted by Gasteiger charge is 2.56. The summed E-state index contributed by atoms with van der Waals surface area (Å²) in [6.45, 7) is 1.07. The van der Waals surface area contributed by atoms with E-state index >= 15 is 0 Å². The van der Waals surface area contributed by atoms with Gasteiger partial charge in [-0.2, -0.15) is 0 Å². The number of nitrogens with zero attached hydrogens (tertiary/aromatic N) is 1. The quantitative estimate of drug-likeness (QED) is 0.748. The van der Waals surface area contributed by atoms with Crippen LogP contribution in [0.3, 0.4) is 0 Å². The maximum Gasteiger partial charge on any atom is 0.245 e. The lowest BCUT2D eigenvalue weighted by Gasteiger charge is -2.21. The first kappa shape index (κ1) is 12.1. The number of ether oxygens (including phenoxy) is 2. The zero-order valence-corrected chi connectivity index (χ0v) is 12.3. The minimum atomic E-state index is -0.721. The largest absolute Gasteiger partial charge is 0.493 e. The van der Waals surface area contributed by atoms with Gasteiger partial charge in [0, 0.05) is 30.3 Å². The van der Waals surface area contributed by atoms with Gasteiger partial charge < -0.3 is 14.4 Å². The van der Waals surface area contributed by atoms with Crippen molar-refractivity contribution < 1.29 is 14.3 Å². The van der Waals surface area contributed by atoms with Crippen molar-refractivity contribution in [1.82, 2.24) is 0 Å². The predicted molar refractivity (Wildman–Crippen MR) is 81.8 cm³/mol. The molecule has 1 unspecified atom stereocenters. The van der Waals surface area contributed by atoms with Crippen LogP contribution in [0.1, 0.15) is 16.7 Å². The Kier molecular flexibility index (Phi) is 2.10. The molecule has 22 heavy (non-hydrogen) atoms. The molecule has 3 aliphatic heterocycles. The lowest BCUT2D eigenvalue weighted by Crippen LogP contribution is -2.40. The lowest BCUT2D eigenvalue weighted by atomic mass is 9.77. The topological polar surface area (TPSA) is 38.8 Å². The Hall–Kier alpha value is -2.49. The first-order valence-corrected chi connectivity index (χ1v) is 7.52. The van der Waals surface area contributed by atoms with E-state index in [0.29, 0.717) is 13.2 Å². The molecular formula is C18H15NO3. The Morgan fingerprint density at radius 2 is 1.95 bits per heavy atom. The second kappa shape index (κ2) is 3.83. The summed E-state index contributed by atoms with van der Waals surface area (Å²) in [5.74, 6) is 1.79. The summed E-state index contributed by atoms with van der Waals surface area (Å²) in [4.78, 5) is 14.8. The number of hydrogen-bond donors (Lipinski definition) is 0. The summed E-state index contributed by atoms with van der Waals surface area (Å²) < 4.78 is 11.6. The van der Waals surface area contributed by atoms with Gasteiger partial charge >= 0.3 is 0 Å². The van der Waals surface area contributed by atoms with Crippen LogP contribution in [0.25, 0.3) is 0 Å². The van der Waals surface area contributed by atoms with Crippen LogP contribution in [-0.2, 0) is 16.6 Å². The van der Waals surface area contributed by atoms with Crippen LogP contribution in [0.2, 0.25) is 0 Å². The van der Waals surface area contributed by atoms with Gasteiger partial charge in [-0.25, -0.2) is 0 Å². The SMILES string of the molecule is CN1C(=O)C2(COc3cc4c(cc32)OCC4)c2ccccc21. The first-order chi connectivity index (χ1) is 10.7. The molecule has 0 radical (unpaired) electrons. The fourth-order valence-corrected chi connectivity index (χ4v) is 3.96. The molecule has 4 heteroatoms. The van der Waals surface area contributed by atoms with E-state index in [4.69, 9.17) is 9.47 Å². The van der Waals surface area contributed by atoms with Gasteiger partial charge in [-0.05, 0) is 23.8 Å². The van der Waals surface area contributed by atoms with Gasteiger partial charge in [-0.15, -0.1) is 0 Å². The molecule has 4 nitrogen and oxygen atoms in total. The number of amides is 1. The van der Waals surface area contributed by atoms with E-state index in [1.54, 1.807) is 4.90 Å². The molecule has 0 N–H and O–H groups in total. The summed E-state index contributed by atoms with van der Waals surface area (Å²) in [6.07, 6.45) is 0.906. The zero-order chi connectivity index (χ0) is 14.9. The van der Waals surface area contributed by atoms with Crippen LogP contribution >= 0.6 is 0 Å². The minimum Gasteiger partial charge on any atom is -0.493 e. The van der Waals surface area contributed by atoms with Gasteiger partial charge in [-0.3, -0.25) is 4.79 Å². The number of carbonyl (C=O) groups is 1. The van der Waals surface area contributed by atoms with Gasteiger partial charge in [0.25, 0.3) is 0 Å². The maximum absolute atomic E-state index is 13.1. The van der Waals surface area contributed by atoms with Crippen molar-refractivity contribution in [2.45, 2.75) is 11.8 Å². The Labute approximate surface area is 128 Å². The van der Waals surface area contributed by atoms with E-state index in [-0.39, 0.29) is 5.91 Å². The number of fused-ring (bicyclic) bond motifs is 5. The summed E-state index contributed by atoms with van der Waals surface area (Å²) in [6, 6.07) is 12.0. The molecule has 0 bridgehead atoms. The molecule has 3 aliphatic rings. The second-order valence-electron chi connectivity index (χ2n) is 6.13. The van der Waals surface area contributed by atoms with Crippen molar-refractivity contribution in [3.63, 3.8) is 0 Å². The predicted octanol–water partition coefficient (Wildman–Crippen LogP) is 2.28. The molecule has 3 heterocycles. The van der Waals surface area contributed by atoms with Gasteiger partial charge in [-0.1, -0.05) is 18.2 Å². The van der Waals surface area contributed by atoms with Gasteiger partial charge in [0.2, 0.25) is 5.91 Å². The van der Waals surface area contributed by atoms with Gasteiger partial charge in [0.05, 0.1) is 6.61 Å². The fraction of sp³-hybridized carbons (Fsp3) is 0.278. The van der Waals surface area contributed by atoms with Gasteiger partial charge in [0.1, 0.15) is 23.5 Å². The van der Waals surface area contributed by atoms with E-state index in [9.17, 15) is 4.79 Å². The molecule has 2 aromatic rings. The summed E-state index contributed by atoms with van der Waals surface area (Å²) >= 11 is 0. The molecule has 0 saturated carbocycles. The molecule has 1 atom stereocenters. The molecule has 1 amide bonds. The van der Waals surface area contributed by atoms with Crippen LogP contribution in [0.4, 0.5) is 5.69 Å². The molecule has 0 saturated heterocycles. The highest BCUT2D eigenvalue weighted by Crippen LogP contribution is 2.53. The zero-order valence-electron chi connectivity index (χ0n) is 12.3. The highest BCUT2D eigenvalue weighted by molar-refractivity contribution is 6.11. The van der Waals surface area contributed by atoms with Crippen molar-refractivity contribution in [3.05, 3.63) is 53.1 Å². The Morgan fingerprint density at radius 3 is 2.86 bits per heavy atom. The summed E-state index contributed by atoms with van der Waals surface area (Å²) in [7, 11) is 1.83. The summed E-state index contributed by atoms with van der Waals surface area (Å²) in [5.41, 5.74) is 3.38. The molecule has 0 fully saturated rings. The minimum absolute atomic E-state index is 0.0744. The molecule has 1 spiro atoms. The van der Waals surface area contributed by atoms with E-state index in [2.05, 4.69) is 0 Å². The van der Waals surface area contributed by atoms with E-state index < -0.39 is 5.41 Å². The van der Waals surface area contributed by atoms with E-state index in [0.717, 1.165) is 34.7 Å². The Balaban J connectivity index is 1.80. The molecule has 0 aromatic heterocycles. The van der Waals surface area contributed by atoms with Crippen LogP contribution in [-0.4, -0.2) is 26.2 Å². The number of benzene rings is 2. The van der Waals surface area contributed by atoms with Crippen LogP contribution in [0.15, 0.2) is 36.4 Å². The number of para-hydroxylation sites is 1. The van der Waals surface area contributed by atoms with Crippen molar-refractivity contribution in [2.75, 3.05) is 25.2 Å². The Morgan fingerprint density at radius 1 is 1.09 bits per heavy atom. The maximum atomic E-state index is 13.1. The number of likely N-dealkylation sites (N-methyl/N-ethyl adjacent to an activating group) is 1. The van der Waals surface area contributed by atoms with Gasteiger partial charge in [0.15, 0.2) is 0 Å². The van der Waals surface area contributed by atoms with Crippen molar-refractivity contribution >= 4 is 11.6 Å². The second-order valence-corrected chi connectivity index (χ2v) is 6.13. The number of hydrogen-bond acceptors (Lipinski definition) is 3. The van der Waals surface area contributed by atoms with Crippen LogP contribution in [0.5, 0.6) is 11.5 Å².